The van der Waals surface area contributed by atoms with E-state index in [1.807, 2.05) is 32.0 Å². The lowest BCUT2D eigenvalue weighted by Crippen LogP contribution is -2.08. The molecular formula is C16H22N2O2. The van der Waals surface area contributed by atoms with Crippen molar-refractivity contribution < 1.29 is 9.47 Å². The SMILES string of the molecule is C=C(N)/C=C(/C)C(=C)OCCOc1ccc(N)cc1C. The zero-order chi connectivity index (χ0) is 15.1. The normalized spacial score (nSPS) is 11.0. The van der Waals surface area contributed by atoms with Crippen LogP contribution in [-0.4, -0.2) is 13.2 Å². The predicted octanol–water partition coefficient (Wildman–Crippen LogP) is 2.91. The lowest BCUT2D eigenvalue weighted by Gasteiger charge is -2.12. The summed E-state index contributed by atoms with van der Waals surface area (Å²) in [6.45, 7) is 12.1. The molecule has 0 aliphatic carbocycles. The Hall–Kier alpha value is -2.36. The molecule has 0 aliphatic heterocycles. The van der Waals surface area contributed by atoms with Crippen LogP contribution in [0, 0.1) is 6.92 Å². The summed E-state index contributed by atoms with van der Waals surface area (Å²) in [4.78, 5) is 0. The van der Waals surface area contributed by atoms with Gasteiger partial charge < -0.3 is 20.9 Å². The van der Waals surface area contributed by atoms with Gasteiger partial charge in [-0.3, -0.25) is 0 Å². The number of hydrogen-bond donors (Lipinski definition) is 2. The van der Waals surface area contributed by atoms with Gasteiger partial charge in [-0.25, -0.2) is 0 Å². The molecule has 0 heterocycles. The lowest BCUT2D eigenvalue weighted by molar-refractivity contribution is 0.161. The first-order valence-corrected chi connectivity index (χ1v) is 6.34. The van der Waals surface area contributed by atoms with Gasteiger partial charge in [-0.15, -0.1) is 0 Å². The first-order chi connectivity index (χ1) is 9.40. The van der Waals surface area contributed by atoms with E-state index in [1.165, 1.54) is 0 Å². The summed E-state index contributed by atoms with van der Waals surface area (Å²) in [6.07, 6.45) is 1.72. The van der Waals surface area contributed by atoms with Crippen LogP contribution in [0.2, 0.25) is 0 Å². The minimum absolute atomic E-state index is 0.408. The van der Waals surface area contributed by atoms with Crippen LogP contribution in [0.4, 0.5) is 5.69 Å². The molecule has 0 saturated heterocycles. The standard InChI is InChI=1S/C16H22N2O2/c1-11(9-13(3)17)14(4)19-7-8-20-16-6-5-15(18)10-12(16)2/h5-6,9-10H,3-4,7-8,17-18H2,1-2H3/b11-9-. The summed E-state index contributed by atoms with van der Waals surface area (Å²) in [5.41, 5.74) is 14.2. The van der Waals surface area contributed by atoms with Crippen LogP contribution in [0.1, 0.15) is 12.5 Å². The average molecular weight is 274 g/mol. The maximum atomic E-state index is 5.68. The molecule has 0 unspecified atom stereocenters. The molecule has 1 rings (SSSR count). The highest BCUT2D eigenvalue weighted by Crippen LogP contribution is 2.20. The predicted molar refractivity (Wildman–Crippen MR) is 83.3 cm³/mol. The van der Waals surface area contributed by atoms with Crippen molar-refractivity contribution in [2.75, 3.05) is 18.9 Å². The highest BCUT2D eigenvalue weighted by atomic mass is 16.5. The van der Waals surface area contributed by atoms with E-state index in [0.717, 1.165) is 22.6 Å². The third-order valence-electron chi connectivity index (χ3n) is 2.66. The second kappa shape index (κ2) is 7.28. The van der Waals surface area contributed by atoms with Crippen LogP contribution in [0.3, 0.4) is 0 Å². The van der Waals surface area contributed by atoms with Gasteiger partial charge in [-0.2, -0.15) is 0 Å². The number of benzene rings is 1. The van der Waals surface area contributed by atoms with E-state index in [2.05, 4.69) is 13.2 Å². The van der Waals surface area contributed by atoms with Gasteiger partial charge in [0.25, 0.3) is 0 Å². The van der Waals surface area contributed by atoms with Crippen molar-refractivity contribution in [2.45, 2.75) is 13.8 Å². The fourth-order valence-corrected chi connectivity index (χ4v) is 1.62. The minimum Gasteiger partial charge on any atom is -0.490 e. The van der Waals surface area contributed by atoms with E-state index < -0.39 is 0 Å². The van der Waals surface area contributed by atoms with Crippen molar-refractivity contribution in [3.05, 3.63) is 60.0 Å². The fourth-order valence-electron chi connectivity index (χ4n) is 1.62. The van der Waals surface area contributed by atoms with Crippen molar-refractivity contribution >= 4 is 5.69 Å². The van der Waals surface area contributed by atoms with E-state index >= 15 is 0 Å². The van der Waals surface area contributed by atoms with E-state index in [1.54, 1.807) is 6.08 Å². The summed E-state index contributed by atoms with van der Waals surface area (Å²) in [5.74, 6) is 1.37. The quantitative estimate of drug-likeness (QED) is 0.347. The Morgan fingerprint density at radius 3 is 2.60 bits per heavy atom. The number of anilines is 1. The first-order valence-electron chi connectivity index (χ1n) is 6.34. The van der Waals surface area contributed by atoms with E-state index in [4.69, 9.17) is 20.9 Å². The average Bonchev–Trinajstić information content (AvgIpc) is 2.35. The molecule has 0 aliphatic rings. The highest BCUT2D eigenvalue weighted by Gasteiger charge is 2.01. The molecule has 0 amide bonds. The largest absolute Gasteiger partial charge is 0.490 e. The molecule has 0 spiro atoms. The summed E-state index contributed by atoms with van der Waals surface area (Å²) < 4.78 is 11.1. The Kier molecular flexibility index (Phi) is 5.72. The molecule has 0 atom stereocenters. The zero-order valence-electron chi connectivity index (χ0n) is 12.1. The molecule has 108 valence electrons. The molecule has 20 heavy (non-hydrogen) atoms. The Morgan fingerprint density at radius 1 is 1.30 bits per heavy atom. The van der Waals surface area contributed by atoms with Crippen LogP contribution in [0.25, 0.3) is 0 Å². The van der Waals surface area contributed by atoms with Crippen LogP contribution < -0.4 is 16.2 Å². The van der Waals surface area contributed by atoms with Gasteiger partial charge in [-0.05, 0) is 49.3 Å². The molecule has 4 nitrogen and oxygen atoms in total. The smallest absolute Gasteiger partial charge is 0.122 e. The minimum atomic E-state index is 0.408. The number of aryl methyl sites for hydroxylation is 1. The number of allylic oxidation sites excluding steroid dienone is 2. The van der Waals surface area contributed by atoms with Gasteiger partial charge >= 0.3 is 0 Å². The second-order valence-corrected chi connectivity index (χ2v) is 4.55. The van der Waals surface area contributed by atoms with Crippen molar-refractivity contribution in [2.24, 2.45) is 5.73 Å². The molecule has 0 bridgehead atoms. The molecule has 1 aromatic carbocycles. The molecule has 1 aromatic rings. The molecule has 4 heteroatoms. The third-order valence-corrected chi connectivity index (χ3v) is 2.66. The second-order valence-electron chi connectivity index (χ2n) is 4.55. The lowest BCUT2D eigenvalue weighted by atomic mass is 10.2. The first kappa shape index (κ1) is 15.7. The Balaban J connectivity index is 2.38. The topological polar surface area (TPSA) is 70.5 Å². The van der Waals surface area contributed by atoms with Gasteiger partial charge in [0, 0.05) is 11.4 Å². The van der Waals surface area contributed by atoms with Crippen molar-refractivity contribution in [1.82, 2.24) is 0 Å². The van der Waals surface area contributed by atoms with Crippen LogP contribution in [0.5, 0.6) is 5.75 Å². The Morgan fingerprint density at radius 2 is 2.00 bits per heavy atom. The summed E-state index contributed by atoms with van der Waals surface area (Å²) in [6, 6.07) is 5.53. The molecule has 0 aromatic heterocycles. The number of ether oxygens (including phenoxy) is 2. The summed E-state index contributed by atoms with van der Waals surface area (Å²) in [5, 5.41) is 0. The van der Waals surface area contributed by atoms with Crippen molar-refractivity contribution in [3.63, 3.8) is 0 Å². The van der Waals surface area contributed by atoms with Crippen molar-refractivity contribution in [1.29, 1.82) is 0 Å². The molecule has 4 N–H and O–H groups in total. The Bertz CT molecular complexity index is 533. The number of nitrogens with two attached hydrogens (primary N) is 2. The monoisotopic (exact) mass is 274 g/mol. The molecule has 0 saturated carbocycles. The summed E-state index contributed by atoms with van der Waals surface area (Å²) >= 11 is 0. The molecular weight excluding hydrogens is 252 g/mol. The molecule has 0 radical (unpaired) electrons. The number of hydrogen-bond acceptors (Lipinski definition) is 4. The highest BCUT2D eigenvalue weighted by molar-refractivity contribution is 5.47. The van der Waals surface area contributed by atoms with E-state index in [-0.39, 0.29) is 0 Å². The maximum Gasteiger partial charge on any atom is 0.122 e. The third kappa shape index (κ3) is 5.10. The summed E-state index contributed by atoms with van der Waals surface area (Å²) in [7, 11) is 0. The maximum absolute atomic E-state index is 5.68. The van der Waals surface area contributed by atoms with Gasteiger partial charge in [0.1, 0.15) is 24.7 Å². The van der Waals surface area contributed by atoms with E-state index in [9.17, 15) is 0 Å². The Labute approximate surface area is 120 Å². The number of nitrogen functional groups attached to an aromatic ring is 1. The van der Waals surface area contributed by atoms with Gasteiger partial charge in [0.2, 0.25) is 0 Å². The van der Waals surface area contributed by atoms with E-state index in [0.29, 0.717) is 24.7 Å². The van der Waals surface area contributed by atoms with Gasteiger partial charge in [0.15, 0.2) is 0 Å². The van der Waals surface area contributed by atoms with Crippen LogP contribution in [0.15, 0.2) is 54.5 Å². The fraction of sp³-hybridized carbons (Fsp3) is 0.250. The number of rotatable bonds is 7. The van der Waals surface area contributed by atoms with Gasteiger partial charge in [-0.1, -0.05) is 13.2 Å². The molecule has 0 fully saturated rings. The van der Waals surface area contributed by atoms with Gasteiger partial charge in [0.05, 0.1) is 0 Å². The van der Waals surface area contributed by atoms with Crippen LogP contribution in [-0.2, 0) is 4.74 Å². The van der Waals surface area contributed by atoms with Crippen LogP contribution >= 0.6 is 0 Å². The zero-order valence-corrected chi connectivity index (χ0v) is 12.1. The van der Waals surface area contributed by atoms with Crippen molar-refractivity contribution in [3.8, 4) is 5.75 Å².